The number of ketones is 1. The van der Waals surface area contributed by atoms with Gasteiger partial charge in [0.05, 0.1) is 5.88 Å². The molecule has 2 aromatic rings. The van der Waals surface area contributed by atoms with Gasteiger partial charge < -0.3 is 4.42 Å². The van der Waals surface area contributed by atoms with E-state index in [1.165, 1.54) is 0 Å². The number of alkyl halides is 1. The van der Waals surface area contributed by atoms with E-state index in [9.17, 15) is 9.59 Å². The Labute approximate surface area is 89.8 Å². The van der Waals surface area contributed by atoms with Crippen LogP contribution in [0.4, 0.5) is 0 Å². The fraction of sp³-hybridized carbons (Fsp3) is 0.100. The van der Waals surface area contributed by atoms with Crippen LogP contribution in [-0.4, -0.2) is 22.9 Å². The van der Waals surface area contributed by atoms with E-state index in [4.69, 9.17) is 16.0 Å². The summed E-state index contributed by atoms with van der Waals surface area (Å²) in [6, 6.07) is 4.90. The van der Waals surface area contributed by atoms with E-state index in [0.717, 1.165) is 0 Å². The summed E-state index contributed by atoms with van der Waals surface area (Å²) in [5.74, 6) is -0.650. The highest BCUT2D eigenvalue weighted by molar-refractivity contribution is 6.29. The summed E-state index contributed by atoms with van der Waals surface area (Å²) in [5.41, 5.74) is 1.19. The minimum absolute atomic E-state index is 0.0608. The van der Waals surface area contributed by atoms with Gasteiger partial charge in [-0.05, 0) is 12.1 Å². The fourth-order valence-corrected chi connectivity index (χ4v) is 1.36. The number of nitrogens with zero attached hydrogens (tertiary/aromatic N) is 1. The maximum absolute atomic E-state index is 11.2. The summed E-state index contributed by atoms with van der Waals surface area (Å²) in [7, 11) is 0. The molecule has 0 aliphatic rings. The van der Waals surface area contributed by atoms with Crippen molar-refractivity contribution in [1.29, 1.82) is 0 Å². The number of hydrogen-bond acceptors (Lipinski definition) is 4. The van der Waals surface area contributed by atoms with Gasteiger partial charge in [0, 0.05) is 5.56 Å². The van der Waals surface area contributed by atoms with Gasteiger partial charge >= 0.3 is 0 Å². The van der Waals surface area contributed by atoms with Gasteiger partial charge in [0.15, 0.2) is 11.9 Å². The van der Waals surface area contributed by atoms with Crippen LogP contribution in [0, 0.1) is 0 Å². The Morgan fingerprint density at radius 3 is 3.00 bits per heavy atom. The predicted molar refractivity (Wildman–Crippen MR) is 54.4 cm³/mol. The summed E-state index contributed by atoms with van der Waals surface area (Å²) in [5, 5.41) is 0. The lowest BCUT2D eigenvalue weighted by molar-refractivity contribution is 0.0986. The van der Waals surface area contributed by atoms with E-state index >= 15 is 0 Å². The number of hydrogen-bond donors (Lipinski definition) is 0. The first kappa shape index (κ1) is 9.86. The van der Waals surface area contributed by atoms with E-state index in [0.29, 0.717) is 22.9 Å². The summed E-state index contributed by atoms with van der Waals surface area (Å²) >= 11 is 5.37. The van der Waals surface area contributed by atoms with Crippen LogP contribution < -0.4 is 0 Å². The molecule has 0 bridgehead atoms. The number of oxazole rings is 1. The van der Waals surface area contributed by atoms with Crippen LogP contribution in [0.5, 0.6) is 0 Å². The Morgan fingerprint density at radius 2 is 2.33 bits per heavy atom. The second-order valence-electron chi connectivity index (χ2n) is 2.89. The Morgan fingerprint density at radius 1 is 1.53 bits per heavy atom. The molecule has 4 nitrogen and oxygen atoms in total. The van der Waals surface area contributed by atoms with Crippen LogP contribution in [0.15, 0.2) is 22.6 Å². The molecule has 0 spiro atoms. The normalized spacial score (nSPS) is 10.5. The zero-order valence-electron chi connectivity index (χ0n) is 7.57. The van der Waals surface area contributed by atoms with Crippen molar-refractivity contribution in [2.24, 2.45) is 0 Å². The average molecular weight is 224 g/mol. The molecule has 2 rings (SSSR count). The second kappa shape index (κ2) is 3.82. The van der Waals surface area contributed by atoms with E-state index in [1.54, 1.807) is 18.2 Å². The van der Waals surface area contributed by atoms with Gasteiger partial charge in [-0.15, -0.1) is 11.6 Å². The maximum Gasteiger partial charge on any atom is 0.265 e. The number of Topliss-reactive ketones (excluding diaryl/α,β-unsaturated/α-hetero) is 1. The van der Waals surface area contributed by atoms with E-state index < -0.39 is 5.78 Å². The number of carbonyl (C=O) groups excluding carboxylic acids is 2. The number of aldehydes is 1. The molecule has 0 fully saturated rings. The molecule has 0 amide bonds. The average Bonchev–Trinajstić information content (AvgIpc) is 2.71. The van der Waals surface area contributed by atoms with Gasteiger partial charge in [-0.25, -0.2) is 4.98 Å². The lowest BCUT2D eigenvalue weighted by atomic mass is 10.2. The Hall–Kier alpha value is -1.68. The molecule has 1 aromatic carbocycles. The highest BCUT2D eigenvalue weighted by atomic mass is 35.5. The number of rotatable bonds is 3. The first-order valence-corrected chi connectivity index (χ1v) is 4.73. The van der Waals surface area contributed by atoms with E-state index in [2.05, 4.69) is 4.98 Å². The topological polar surface area (TPSA) is 60.2 Å². The number of halogens is 1. The first-order valence-electron chi connectivity index (χ1n) is 4.20. The van der Waals surface area contributed by atoms with Crippen LogP contribution >= 0.6 is 11.6 Å². The molecule has 0 N–H and O–H groups in total. The number of carbonyl (C=O) groups is 2. The third-order valence-electron chi connectivity index (χ3n) is 1.94. The van der Waals surface area contributed by atoms with Gasteiger partial charge in [-0.1, -0.05) is 6.07 Å². The third-order valence-corrected chi connectivity index (χ3v) is 2.18. The highest BCUT2D eigenvalue weighted by Gasteiger charge is 2.14. The highest BCUT2D eigenvalue weighted by Crippen LogP contribution is 2.18. The van der Waals surface area contributed by atoms with Crippen LogP contribution in [0.25, 0.3) is 11.1 Å². The SMILES string of the molecule is O=Cc1cccc2oc(C(=O)CCl)nc12. The molecule has 0 aliphatic carbocycles. The molecule has 1 aromatic heterocycles. The van der Waals surface area contributed by atoms with Crippen molar-refractivity contribution in [3.63, 3.8) is 0 Å². The molecule has 15 heavy (non-hydrogen) atoms. The molecule has 0 unspecified atom stereocenters. The molecule has 1 heterocycles. The molecule has 5 heteroatoms. The minimum atomic E-state index is -0.398. The lowest BCUT2D eigenvalue weighted by Crippen LogP contribution is -1.99. The zero-order chi connectivity index (χ0) is 10.8. The van der Waals surface area contributed by atoms with E-state index in [1.807, 2.05) is 0 Å². The summed E-state index contributed by atoms with van der Waals surface area (Å²) < 4.78 is 5.16. The molecule has 0 aliphatic heterocycles. The van der Waals surface area contributed by atoms with Crippen molar-refractivity contribution in [1.82, 2.24) is 4.98 Å². The quantitative estimate of drug-likeness (QED) is 0.454. The van der Waals surface area contributed by atoms with E-state index in [-0.39, 0.29) is 11.8 Å². The monoisotopic (exact) mass is 223 g/mol. The molecule has 0 saturated heterocycles. The molecular formula is C10H6ClNO3. The number of fused-ring (bicyclic) bond motifs is 1. The third kappa shape index (κ3) is 1.64. The predicted octanol–water partition coefficient (Wildman–Crippen LogP) is 2.06. The van der Waals surface area contributed by atoms with Crippen LogP contribution in [0.3, 0.4) is 0 Å². The van der Waals surface area contributed by atoms with Gasteiger partial charge in [-0.2, -0.15) is 0 Å². The Balaban J connectivity index is 2.65. The van der Waals surface area contributed by atoms with Crippen molar-refractivity contribution in [3.05, 3.63) is 29.7 Å². The van der Waals surface area contributed by atoms with Gasteiger partial charge in [0.2, 0.25) is 5.78 Å². The molecule has 0 saturated carbocycles. The van der Waals surface area contributed by atoms with Crippen LogP contribution in [-0.2, 0) is 0 Å². The van der Waals surface area contributed by atoms with Crippen molar-refractivity contribution in [3.8, 4) is 0 Å². The fourth-order valence-electron chi connectivity index (χ4n) is 1.24. The number of benzene rings is 1. The number of para-hydroxylation sites is 1. The second-order valence-corrected chi connectivity index (χ2v) is 3.15. The molecule has 0 radical (unpaired) electrons. The molecule has 0 atom stereocenters. The number of aromatic nitrogens is 1. The first-order chi connectivity index (χ1) is 7.26. The van der Waals surface area contributed by atoms with Crippen molar-refractivity contribution >= 4 is 34.8 Å². The maximum atomic E-state index is 11.2. The summed E-state index contributed by atoms with van der Waals surface area (Å²) in [6.45, 7) is 0. The smallest absolute Gasteiger partial charge is 0.265 e. The van der Waals surface area contributed by atoms with Gasteiger partial charge in [-0.3, -0.25) is 9.59 Å². The Kier molecular flexibility index (Phi) is 2.51. The van der Waals surface area contributed by atoms with Crippen molar-refractivity contribution < 1.29 is 14.0 Å². The zero-order valence-corrected chi connectivity index (χ0v) is 8.32. The Bertz CT molecular complexity index is 532. The van der Waals surface area contributed by atoms with Gasteiger partial charge in [0.1, 0.15) is 5.52 Å². The van der Waals surface area contributed by atoms with Gasteiger partial charge in [0.25, 0.3) is 5.89 Å². The largest absolute Gasteiger partial charge is 0.434 e. The van der Waals surface area contributed by atoms with Crippen LogP contribution in [0.1, 0.15) is 21.0 Å². The molecule has 76 valence electrons. The van der Waals surface area contributed by atoms with Crippen molar-refractivity contribution in [2.75, 3.05) is 5.88 Å². The summed E-state index contributed by atoms with van der Waals surface area (Å²) in [6.07, 6.45) is 0.666. The standard InChI is InChI=1S/C10H6ClNO3/c11-4-7(14)10-12-9-6(5-13)2-1-3-8(9)15-10/h1-3,5H,4H2. The van der Waals surface area contributed by atoms with Crippen LogP contribution in [0.2, 0.25) is 0 Å². The van der Waals surface area contributed by atoms with Crippen molar-refractivity contribution in [2.45, 2.75) is 0 Å². The minimum Gasteiger partial charge on any atom is -0.434 e. The lowest BCUT2D eigenvalue weighted by Gasteiger charge is -1.87. The molecular weight excluding hydrogens is 218 g/mol. The summed E-state index contributed by atoms with van der Waals surface area (Å²) in [4.78, 5) is 25.8.